The molecule has 1 aromatic heterocycles. The summed E-state index contributed by atoms with van der Waals surface area (Å²) >= 11 is 0. The molecule has 28 heavy (non-hydrogen) atoms. The maximum atomic E-state index is 13.2. The van der Waals surface area contributed by atoms with Gasteiger partial charge in [-0.2, -0.15) is 0 Å². The maximum Gasteiger partial charge on any atom is 0.261 e. The summed E-state index contributed by atoms with van der Waals surface area (Å²) in [6.45, 7) is 4.83. The Morgan fingerprint density at radius 1 is 1.04 bits per heavy atom. The highest BCUT2D eigenvalue weighted by atomic mass is 19.1. The number of hydrogen-bond acceptors (Lipinski definition) is 3. The first-order chi connectivity index (χ1) is 13.5. The number of hydrogen-bond donors (Lipinski definition) is 0. The zero-order valence-electron chi connectivity index (χ0n) is 16.1. The molecule has 0 radical (unpaired) electrons. The second-order valence-corrected chi connectivity index (χ2v) is 6.97. The zero-order chi connectivity index (χ0) is 19.9. The number of benzene rings is 2. The van der Waals surface area contributed by atoms with E-state index in [-0.39, 0.29) is 18.3 Å². The molecule has 0 aliphatic heterocycles. The number of carbonyl (C=O) groups excluding carboxylic acids is 1. The van der Waals surface area contributed by atoms with Crippen LogP contribution in [0.1, 0.15) is 36.7 Å². The van der Waals surface area contributed by atoms with Gasteiger partial charge in [0, 0.05) is 6.54 Å². The summed E-state index contributed by atoms with van der Waals surface area (Å²) < 4.78 is 24.2. The van der Waals surface area contributed by atoms with E-state index in [0.717, 1.165) is 5.56 Å². The van der Waals surface area contributed by atoms with Gasteiger partial charge in [-0.1, -0.05) is 38.1 Å². The van der Waals surface area contributed by atoms with Gasteiger partial charge < -0.3 is 14.1 Å². The zero-order valence-corrected chi connectivity index (χ0v) is 16.1. The molecule has 0 atom stereocenters. The lowest BCUT2D eigenvalue weighted by atomic mass is 10.0. The predicted molar refractivity (Wildman–Crippen MR) is 105 cm³/mol. The standard InChI is InChI=1S/C23H24FNO3/c1-17(2)19-7-11-21(12-8-19)28-16-23(26)25(15-22-4-3-13-27-22)14-18-5-9-20(24)10-6-18/h3-13,17H,14-16H2,1-2H3. The van der Waals surface area contributed by atoms with Crippen LogP contribution in [0.5, 0.6) is 5.75 Å². The molecule has 0 aliphatic rings. The van der Waals surface area contributed by atoms with Crippen LogP contribution < -0.4 is 4.74 Å². The molecule has 1 heterocycles. The molecule has 0 spiro atoms. The van der Waals surface area contributed by atoms with Crippen LogP contribution in [0.2, 0.25) is 0 Å². The highest BCUT2D eigenvalue weighted by Crippen LogP contribution is 2.19. The summed E-state index contributed by atoms with van der Waals surface area (Å²) in [4.78, 5) is 14.4. The van der Waals surface area contributed by atoms with Gasteiger partial charge in [0.05, 0.1) is 12.8 Å². The lowest BCUT2D eigenvalue weighted by Crippen LogP contribution is -2.34. The molecule has 0 saturated carbocycles. The fourth-order valence-corrected chi connectivity index (χ4v) is 2.82. The van der Waals surface area contributed by atoms with Gasteiger partial charge in [0.2, 0.25) is 0 Å². The van der Waals surface area contributed by atoms with Gasteiger partial charge >= 0.3 is 0 Å². The molecule has 2 aromatic carbocycles. The molecule has 0 unspecified atom stereocenters. The van der Waals surface area contributed by atoms with Crippen LogP contribution in [0, 0.1) is 5.82 Å². The minimum atomic E-state index is -0.305. The van der Waals surface area contributed by atoms with Crippen LogP contribution in [0.4, 0.5) is 4.39 Å². The SMILES string of the molecule is CC(C)c1ccc(OCC(=O)N(Cc2ccc(F)cc2)Cc2ccco2)cc1. The predicted octanol–water partition coefficient (Wildman–Crippen LogP) is 5.15. The summed E-state index contributed by atoms with van der Waals surface area (Å²) in [6.07, 6.45) is 1.57. The number of amides is 1. The van der Waals surface area contributed by atoms with E-state index >= 15 is 0 Å². The van der Waals surface area contributed by atoms with Gasteiger partial charge in [0.15, 0.2) is 6.61 Å². The Bertz CT molecular complexity index is 871. The third kappa shape index (κ3) is 5.46. The second-order valence-electron chi connectivity index (χ2n) is 6.97. The molecule has 5 heteroatoms. The van der Waals surface area contributed by atoms with Gasteiger partial charge in [-0.3, -0.25) is 4.79 Å². The number of rotatable bonds is 8. The van der Waals surface area contributed by atoms with Crippen molar-refractivity contribution in [2.75, 3.05) is 6.61 Å². The first kappa shape index (κ1) is 19.7. The van der Waals surface area contributed by atoms with E-state index < -0.39 is 0 Å². The Morgan fingerprint density at radius 3 is 2.36 bits per heavy atom. The first-order valence-corrected chi connectivity index (χ1v) is 9.28. The molecule has 0 N–H and O–H groups in total. The molecule has 0 fully saturated rings. The summed E-state index contributed by atoms with van der Waals surface area (Å²) in [6, 6.07) is 17.5. The molecular formula is C23H24FNO3. The van der Waals surface area contributed by atoms with Crippen molar-refractivity contribution in [3.05, 3.63) is 89.6 Å². The normalized spacial score (nSPS) is 10.9. The lowest BCUT2D eigenvalue weighted by Gasteiger charge is -2.22. The van der Waals surface area contributed by atoms with Crippen LogP contribution >= 0.6 is 0 Å². The van der Waals surface area contributed by atoms with Gasteiger partial charge in [-0.05, 0) is 53.4 Å². The fourth-order valence-electron chi connectivity index (χ4n) is 2.82. The van der Waals surface area contributed by atoms with Crippen molar-refractivity contribution in [3.63, 3.8) is 0 Å². The Hall–Kier alpha value is -3.08. The average Bonchev–Trinajstić information content (AvgIpc) is 3.20. The van der Waals surface area contributed by atoms with Gasteiger partial charge in [-0.25, -0.2) is 4.39 Å². The van der Waals surface area contributed by atoms with Crippen LogP contribution in [-0.2, 0) is 17.9 Å². The summed E-state index contributed by atoms with van der Waals surface area (Å²) in [5, 5.41) is 0. The average molecular weight is 381 g/mol. The molecule has 3 rings (SSSR count). The van der Waals surface area contributed by atoms with E-state index in [0.29, 0.717) is 30.5 Å². The molecule has 0 bridgehead atoms. The molecule has 4 nitrogen and oxygen atoms in total. The minimum Gasteiger partial charge on any atom is -0.484 e. The quantitative estimate of drug-likeness (QED) is 0.542. The summed E-state index contributed by atoms with van der Waals surface area (Å²) in [5.41, 5.74) is 2.05. The number of ether oxygens (including phenoxy) is 1. The van der Waals surface area contributed by atoms with Crippen molar-refractivity contribution in [1.82, 2.24) is 4.90 Å². The first-order valence-electron chi connectivity index (χ1n) is 9.28. The van der Waals surface area contributed by atoms with E-state index in [1.54, 1.807) is 29.4 Å². The monoisotopic (exact) mass is 381 g/mol. The Morgan fingerprint density at radius 2 is 1.75 bits per heavy atom. The van der Waals surface area contributed by atoms with E-state index in [9.17, 15) is 9.18 Å². The highest BCUT2D eigenvalue weighted by molar-refractivity contribution is 5.77. The van der Waals surface area contributed by atoms with Crippen molar-refractivity contribution >= 4 is 5.91 Å². The molecule has 0 aliphatic carbocycles. The molecule has 3 aromatic rings. The summed E-state index contributed by atoms with van der Waals surface area (Å²) in [5.74, 6) is 1.29. The molecule has 1 amide bonds. The van der Waals surface area contributed by atoms with Crippen molar-refractivity contribution in [2.24, 2.45) is 0 Å². The van der Waals surface area contributed by atoms with E-state index in [4.69, 9.17) is 9.15 Å². The number of nitrogens with zero attached hydrogens (tertiary/aromatic N) is 1. The smallest absolute Gasteiger partial charge is 0.261 e. The van der Waals surface area contributed by atoms with Gasteiger partial charge in [-0.15, -0.1) is 0 Å². The lowest BCUT2D eigenvalue weighted by molar-refractivity contribution is -0.134. The Labute approximate surface area is 164 Å². The van der Waals surface area contributed by atoms with Crippen molar-refractivity contribution in [3.8, 4) is 5.75 Å². The Kier molecular flexibility index (Phi) is 6.48. The number of carbonyl (C=O) groups is 1. The third-order valence-corrected chi connectivity index (χ3v) is 4.48. The second kappa shape index (κ2) is 9.22. The minimum absolute atomic E-state index is 0.0804. The van der Waals surface area contributed by atoms with Gasteiger partial charge in [0.25, 0.3) is 5.91 Å². The highest BCUT2D eigenvalue weighted by Gasteiger charge is 2.17. The number of halogens is 1. The van der Waals surface area contributed by atoms with E-state index in [1.165, 1.54) is 17.7 Å². The van der Waals surface area contributed by atoms with Crippen LogP contribution in [0.25, 0.3) is 0 Å². The van der Waals surface area contributed by atoms with E-state index in [1.807, 2.05) is 30.3 Å². The number of furan rings is 1. The Balaban J connectivity index is 1.65. The third-order valence-electron chi connectivity index (χ3n) is 4.48. The largest absolute Gasteiger partial charge is 0.484 e. The van der Waals surface area contributed by atoms with Crippen molar-refractivity contribution < 1.29 is 18.3 Å². The van der Waals surface area contributed by atoms with Crippen molar-refractivity contribution in [2.45, 2.75) is 32.9 Å². The van der Waals surface area contributed by atoms with Gasteiger partial charge in [0.1, 0.15) is 17.3 Å². The molecule has 0 saturated heterocycles. The topological polar surface area (TPSA) is 42.7 Å². The van der Waals surface area contributed by atoms with Crippen LogP contribution in [0.15, 0.2) is 71.3 Å². The molecular weight excluding hydrogens is 357 g/mol. The summed E-state index contributed by atoms with van der Waals surface area (Å²) in [7, 11) is 0. The fraction of sp³-hybridized carbons (Fsp3) is 0.261. The van der Waals surface area contributed by atoms with Crippen molar-refractivity contribution in [1.29, 1.82) is 0 Å². The van der Waals surface area contributed by atoms with Crippen LogP contribution in [0.3, 0.4) is 0 Å². The maximum absolute atomic E-state index is 13.2. The van der Waals surface area contributed by atoms with E-state index in [2.05, 4.69) is 13.8 Å². The van der Waals surface area contributed by atoms with Crippen LogP contribution in [-0.4, -0.2) is 17.4 Å². The molecule has 146 valence electrons.